The van der Waals surface area contributed by atoms with Crippen LogP contribution >= 0.6 is 11.8 Å². The first-order chi connectivity index (χ1) is 28.2. The van der Waals surface area contributed by atoms with Crippen molar-refractivity contribution in [2.24, 2.45) is 11.8 Å². The predicted octanol–water partition coefficient (Wildman–Crippen LogP) is 16.6. The number of ether oxygens (including phenoxy) is 2. The van der Waals surface area contributed by atoms with Gasteiger partial charge in [0.25, 0.3) is 0 Å². The molecule has 0 radical (unpaired) electrons. The maximum Gasteiger partial charge on any atom is 0.0604 e. The third kappa shape index (κ3) is 22.2. The lowest BCUT2D eigenvalue weighted by molar-refractivity contribution is 0.0549. The van der Waals surface area contributed by atoms with E-state index in [0.29, 0.717) is 12.2 Å². The Hall–Kier alpha value is -1.29. The molecule has 4 unspecified atom stereocenters. The molecule has 2 aliphatic heterocycles. The zero-order valence-electron chi connectivity index (χ0n) is 37.6. The molecule has 0 N–H and O–H groups in total. The first kappa shape index (κ1) is 48.4. The number of rotatable bonds is 36. The molecule has 0 amide bonds. The fourth-order valence-electron chi connectivity index (χ4n) is 9.95. The van der Waals surface area contributed by atoms with Gasteiger partial charge < -0.3 is 9.47 Å². The molecule has 324 valence electrons. The molecule has 0 saturated carbocycles. The van der Waals surface area contributed by atoms with Gasteiger partial charge in [0.2, 0.25) is 0 Å². The summed E-state index contributed by atoms with van der Waals surface area (Å²) in [6.07, 6.45) is 45.6. The minimum absolute atomic E-state index is 0.524. The SMILES string of the molecule is Cc1ccccc1CCC(CCCCCCCCCCCCCSCCCCCCCCCCCCCC(CCc1ccccc1C)C1CCCO1)C1CCCO1. The summed E-state index contributed by atoms with van der Waals surface area (Å²) in [6.45, 7) is 6.50. The van der Waals surface area contributed by atoms with Gasteiger partial charge in [-0.15, -0.1) is 0 Å². The highest BCUT2D eigenvalue weighted by Gasteiger charge is 2.26. The first-order valence-electron chi connectivity index (χ1n) is 25.1. The van der Waals surface area contributed by atoms with Crippen molar-refractivity contribution in [2.75, 3.05) is 24.7 Å². The Morgan fingerprint density at radius 2 is 0.772 bits per heavy atom. The van der Waals surface area contributed by atoms with Gasteiger partial charge >= 0.3 is 0 Å². The molecule has 57 heavy (non-hydrogen) atoms. The first-order valence-corrected chi connectivity index (χ1v) is 26.3. The molecule has 2 heterocycles. The van der Waals surface area contributed by atoms with Gasteiger partial charge in [0, 0.05) is 13.2 Å². The molecule has 0 spiro atoms. The monoisotopic (exact) mass is 803 g/mol. The topological polar surface area (TPSA) is 18.5 Å². The molecule has 2 aromatic carbocycles. The summed E-state index contributed by atoms with van der Waals surface area (Å²) >= 11 is 2.22. The van der Waals surface area contributed by atoms with Crippen LogP contribution < -0.4 is 0 Å². The van der Waals surface area contributed by atoms with Crippen molar-refractivity contribution in [3.05, 3.63) is 70.8 Å². The lowest BCUT2D eigenvalue weighted by atomic mass is 9.87. The summed E-state index contributed by atoms with van der Waals surface area (Å²) in [4.78, 5) is 0. The lowest BCUT2D eigenvalue weighted by Gasteiger charge is -2.23. The highest BCUT2D eigenvalue weighted by Crippen LogP contribution is 2.31. The van der Waals surface area contributed by atoms with Gasteiger partial charge in [0.1, 0.15) is 0 Å². The number of aryl methyl sites for hydroxylation is 4. The Balaban J connectivity index is 0.832. The molecular formula is C54H90O2S. The molecule has 0 bridgehead atoms. The summed E-state index contributed by atoms with van der Waals surface area (Å²) in [5.74, 6) is 4.29. The number of hydrogen-bond acceptors (Lipinski definition) is 3. The minimum atomic E-state index is 0.524. The fourth-order valence-corrected chi connectivity index (χ4v) is 11.0. The van der Waals surface area contributed by atoms with E-state index in [2.05, 4.69) is 74.1 Å². The van der Waals surface area contributed by atoms with Crippen LogP contribution in [0.2, 0.25) is 0 Å². The van der Waals surface area contributed by atoms with Gasteiger partial charge in [-0.1, -0.05) is 177 Å². The molecule has 0 aromatic heterocycles. The Labute approximate surface area is 358 Å². The maximum absolute atomic E-state index is 6.16. The zero-order chi connectivity index (χ0) is 39.9. The van der Waals surface area contributed by atoms with E-state index in [9.17, 15) is 0 Å². The van der Waals surface area contributed by atoms with Crippen LogP contribution in [-0.2, 0) is 22.3 Å². The molecule has 4 atom stereocenters. The van der Waals surface area contributed by atoms with E-state index in [1.807, 2.05) is 0 Å². The van der Waals surface area contributed by atoms with E-state index >= 15 is 0 Å². The van der Waals surface area contributed by atoms with Crippen molar-refractivity contribution >= 4 is 11.8 Å². The van der Waals surface area contributed by atoms with Crippen molar-refractivity contribution in [3.8, 4) is 0 Å². The van der Waals surface area contributed by atoms with Crippen LogP contribution in [-0.4, -0.2) is 36.9 Å². The quantitative estimate of drug-likeness (QED) is 0.0640. The highest BCUT2D eigenvalue weighted by molar-refractivity contribution is 7.99. The summed E-state index contributed by atoms with van der Waals surface area (Å²) in [6, 6.07) is 17.9. The Bertz CT molecular complexity index is 1120. The average molecular weight is 803 g/mol. The van der Waals surface area contributed by atoms with Gasteiger partial charge in [-0.2, -0.15) is 11.8 Å². The second-order valence-electron chi connectivity index (χ2n) is 18.5. The van der Waals surface area contributed by atoms with E-state index < -0.39 is 0 Å². The summed E-state index contributed by atoms with van der Waals surface area (Å²) in [5, 5.41) is 0. The van der Waals surface area contributed by atoms with Gasteiger partial charge in [0.05, 0.1) is 12.2 Å². The van der Waals surface area contributed by atoms with Crippen LogP contribution in [0, 0.1) is 25.7 Å². The second kappa shape index (κ2) is 32.5. The van der Waals surface area contributed by atoms with E-state index in [1.165, 1.54) is 239 Å². The zero-order valence-corrected chi connectivity index (χ0v) is 38.4. The van der Waals surface area contributed by atoms with Gasteiger partial charge in [-0.05, 0) is 136 Å². The Morgan fingerprint density at radius 1 is 0.439 bits per heavy atom. The lowest BCUT2D eigenvalue weighted by Crippen LogP contribution is -2.20. The summed E-state index contributed by atoms with van der Waals surface area (Å²) in [5.41, 5.74) is 5.97. The molecule has 2 nitrogen and oxygen atoms in total. The molecule has 4 rings (SSSR count). The minimum Gasteiger partial charge on any atom is -0.378 e. The average Bonchev–Trinajstić information content (AvgIpc) is 3.97. The van der Waals surface area contributed by atoms with Crippen molar-refractivity contribution in [3.63, 3.8) is 0 Å². The molecule has 0 aliphatic carbocycles. The third-order valence-electron chi connectivity index (χ3n) is 13.8. The molecule has 2 aromatic rings. The number of hydrogen-bond donors (Lipinski definition) is 0. The Kier molecular flexibility index (Phi) is 27.6. The van der Waals surface area contributed by atoms with Crippen molar-refractivity contribution < 1.29 is 9.47 Å². The van der Waals surface area contributed by atoms with Crippen LogP contribution in [0.5, 0.6) is 0 Å². The normalized spacial score (nSPS) is 18.1. The summed E-state index contributed by atoms with van der Waals surface area (Å²) < 4.78 is 12.3. The Morgan fingerprint density at radius 3 is 1.11 bits per heavy atom. The largest absolute Gasteiger partial charge is 0.378 e. The molecule has 2 aliphatic rings. The summed E-state index contributed by atoms with van der Waals surface area (Å²) in [7, 11) is 0. The van der Waals surface area contributed by atoms with E-state index in [0.717, 1.165) is 25.0 Å². The smallest absolute Gasteiger partial charge is 0.0604 e. The molecule has 3 heteroatoms. The van der Waals surface area contributed by atoms with Crippen LogP contribution in [0.25, 0.3) is 0 Å². The number of unbranched alkanes of at least 4 members (excludes halogenated alkanes) is 20. The van der Waals surface area contributed by atoms with E-state index in [1.54, 1.807) is 0 Å². The third-order valence-corrected chi connectivity index (χ3v) is 15.0. The molecular weight excluding hydrogens is 713 g/mol. The number of benzene rings is 2. The van der Waals surface area contributed by atoms with Gasteiger partial charge in [-0.25, -0.2) is 0 Å². The van der Waals surface area contributed by atoms with Crippen LogP contribution in [0.4, 0.5) is 0 Å². The van der Waals surface area contributed by atoms with Crippen LogP contribution in [0.1, 0.15) is 215 Å². The maximum atomic E-state index is 6.16. The van der Waals surface area contributed by atoms with Crippen LogP contribution in [0.15, 0.2) is 48.5 Å². The second-order valence-corrected chi connectivity index (χ2v) is 19.7. The van der Waals surface area contributed by atoms with Crippen molar-refractivity contribution in [1.82, 2.24) is 0 Å². The highest BCUT2D eigenvalue weighted by atomic mass is 32.2. The van der Waals surface area contributed by atoms with Crippen LogP contribution in [0.3, 0.4) is 0 Å². The van der Waals surface area contributed by atoms with Crippen molar-refractivity contribution in [2.45, 2.75) is 232 Å². The number of thioether (sulfide) groups is 1. The van der Waals surface area contributed by atoms with E-state index in [4.69, 9.17) is 9.47 Å². The van der Waals surface area contributed by atoms with Crippen molar-refractivity contribution in [1.29, 1.82) is 0 Å². The molecule has 2 saturated heterocycles. The standard InChI is InChI=1S/C54H90O2S/c1-47-31-23-25-33-49(47)39-41-51(53-37-29-43-55-53)35-21-17-13-9-5-3-7-11-15-19-27-45-57-46-28-20-16-12-8-4-6-10-14-18-22-36-52(54-38-30-44-56-54)42-40-50-34-26-24-32-48(50)2/h23-26,31-34,51-54H,3-22,27-30,35-46H2,1-2H3. The fraction of sp³-hybridized carbons (Fsp3) is 0.778. The van der Waals surface area contributed by atoms with Gasteiger partial charge in [0.15, 0.2) is 0 Å². The molecule has 2 fully saturated rings. The van der Waals surface area contributed by atoms with Gasteiger partial charge in [-0.3, -0.25) is 0 Å². The predicted molar refractivity (Wildman–Crippen MR) is 252 cm³/mol. The van der Waals surface area contributed by atoms with E-state index in [-0.39, 0.29) is 0 Å².